The highest BCUT2D eigenvalue weighted by Gasteiger charge is 2.58. The standard InChI is InChI=1S/C20H28F5N3O3/c1-18(2,3)9-14(15(29)26-4)27-16(30)13-8-7-12(11-5-6-11)17(28-13)31-10-19(21,22)20(23,24)25/h8,11-12,14H,5-7,9-10H2,1-4H3,(H,26,29)(H,27,30). The fourth-order valence-electron chi connectivity index (χ4n) is 3.24. The van der Waals surface area contributed by atoms with Crippen molar-refractivity contribution in [1.82, 2.24) is 10.6 Å². The van der Waals surface area contributed by atoms with Gasteiger partial charge in [-0.1, -0.05) is 26.8 Å². The Hall–Kier alpha value is -2.20. The van der Waals surface area contributed by atoms with Gasteiger partial charge in [0, 0.05) is 13.0 Å². The summed E-state index contributed by atoms with van der Waals surface area (Å²) in [6.07, 6.45) is -2.15. The molecular weight excluding hydrogens is 425 g/mol. The van der Waals surface area contributed by atoms with E-state index in [2.05, 4.69) is 15.6 Å². The van der Waals surface area contributed by atoms with Crippen LogP contribution in [0.15, 0.2) is 16.8 Å². The van der Waals surface area contributed by atoms with Crippen LogP contribution in [0.25, 0.3) is 0 Å². The van der Waals surface area contributed by atoms with Crippen molar-refractivity contribution >= 4 is 17.7 Å². The number of amides is 2. The third kappa shape index (κ3) is 6.90. The molecule has 1 heterocycles. The number of aliphatic imine (C=N–C) groups is 1. The molecule has 0 radical (unpaired) electrons. The maximum absolute atomic E-state index is 13.3. The lowest BCUT2D eigenvalue weighted by atomic mass is 9.87. The molecule has 2 aliphatic rings. The molecule has 0 aromatic rings. The van der Waals surface area contributed by atoms with Crippen LogP contribution in [-0.4, -0.2) is 49.5 Å². The van der Waals surface area contributed by atoms with E-state index in [1.54, 1.807) is 0 Å². The number of rotatable bonds is 7. The number of alkyl halides is 5. The molecule has 1 aliphatic carbocycles. The van der Waals surface area contributed by atoms with Gasteiger partial charge in [0.05, 0.1) is 0 Å². The van der Waals surface area contributed by atoms with E-state index in [4.69, 9.17) is 4.74 Å². The monoisotopic (exact) mass is 453 g/mol. The van der Waals surface area contributed by atoms with Gasteiger partial charge in [-0.15, -0.1) is 0 Å². The summed E-state index contributed by atoms with van der Waals surface area (Å²) in [5, 5.41) is 5.02. The Labute approximate surface area is 177 Å². The predicted octanol–water partition coefficient (Wildman–Crippen LogP) is 3.58. The van der Waals surface area contributed by atoms with E-state index in [0.717, 1.165) is 12.8 Å². The van der Waals surface area contributed by atoms with Gasteiger partial charge in [-0.05, 0) is 37.0 Å². The molecule has 2 atom stereocenters. The molecule has 0 spiro atoms. The number of nitrogens with one attached hydrogen (secondary N) is 2. The van der Waals surface area contributed by atoms with E-state index in [9.17, 15) is 31.5 Å². The fourth-order valence-corrected chi connectivity index (χ4v) is 3.24. The zero-order valence-electron chi connectivity index (χ0n) is 17.9. The van der Waals surface area contributed by atoms with Gasteiger partial charge >= 0.3 is 12.1 Å². The molecule has 2 amide bonds. The van der Waals surface area contributed by atoms with Crippen LogP contribution in [0.3, 0.4) is 0 Å². The molecule has 11 heteroatoms. The first-order chi connectivity index (χ1) is 14.1. The van der Waals surface area contributed by atoms with Crippen molar-refractivity contribution in [2.45, 2.75) is 64.6 Å². The number of nitrogens with zero attached hydrogens (tertiary/aromatic N) is 1. The van der Waals surface area contributed by atoms with Gasteiger partial charge in [0.15, 0.2) is 12.5 Å². The average Bonchev–Trinajstić information content (AvgIpc) is 3.48. The van der Waals surface area contributed by atoms with Crippen molar-refractivity contribution in [1.29, 1.82) is 0 Å². The Morgan fingerprint density at radius 1 is 1.19 bits per heavy atom. The molecule has 6 nitrogen and oxygen atoms in total. The molecule has 2 rings (SSSR count). The lowest BCUT2D eigenvalue weighted by Crippen LogP contribution is -2.48. The van der Waals surface area contributed by atoms with Gasteiger partial charge in [0.2, 0.25) is 5.91 Å². The molecule has 0 aromatic carbocycles. The summed E-state index contributed by atoms with van der Waals surface area (Å²) < 4.78 is 68.8. The quantitative estimate of drug-likeness (QED) is 0.579. The first-order valence-electron chi connectivity index (χ1n) is 10.0. The smallest absolute Gasteiger partial charge is 0.456 e. The molecule has 0 bridgehead atoms. The van der Waals surface area contributed by atoms with Gasteiger partial charge in [-0.3, -0.25) is 9.59 Å². The Bertz CT molecular complexity index is 752. The maximum atomic E-state index is 13.3. The summed E-state index contributed by atoms with van der Waals surface area (Å²) in [5.74, 6) is -6.86. The van der Waals surface area contributed by atoms with Crippen molar-refractivity contribution in [2.75, 3.05) is 13.7 Å². The number of allylic oxidation sites excluding steroid dienone is 1. The van der Waals surface area contributed by atoms with E-state index >= 15 is 0 Å². The number of hydrogen-bond acceptors (Lipinski definition) is 4. The molecule has 1 aliphatic heterocycles. The van der Waals surface area contributed by atoms with Crippen LogP contribution in [0.1, 0.15) is 46.5 Å². The normalized spacial score (nSPS) is 21.0. The van der Waals surface area contributed by atoms with Crippen LogP contribution in [0.5, 0.6) is 0 Å². The minimum absolute atomic E-state index is 0.0682. The molecule has 176 valence electrons. The summed E-state index contributed by atoms with van der Waals surface area (Å²) in [5.41, 5.74) is -0.464. The first kappa shape index (κ1) is 25.1. The van der Waals surface area contributed by atoms with Gasteiger partial charge in [0.1, 0.15) is 11.7 Å². The molecule has 1 fully saturated rings. The van der Waals surface area contributed by atoms with Crippen LogP contribution in [0, 0.1) is 17.3 Å². The lowest BCUT2D eigenvalue weighted by Gasteiger charge is -2.27. The van der Waals surface area contributed by atoms with E-state index < -0.39 is 42.5 Å². The average molecular weight is 453 g/mol. The number of hydrogen-bond donors (Lipinski definition) is 2. The van der Waals surface area contributed by atoms with Crippen LogP contribution in [-0.2, 0) is 14.3 Å². The minimum Gasteiger partial charge on any atom is -0.474 e. The predicted molar refractivity (Wildman–Crippen MR) is 103 cm³/mol. The zero-order valence-corrected chi connectivity index (χ0v) is 17.9. The highest BCUT2D eigenvalue weighted by Crippen LogP contribution is 2.42. The van der Waals surface area contributed by atoms with Crippen LogP contribution in [0.2, 0.25) is 0 Å². The fraction of sp³-hybridized carbons (Fsp3) is 0.750. The molecule has 0 aromatic heterocycles. The van der Waals surface area contributed by atoms with Crippen molar-refractivity contribution < 1.29 is 36.3 Å². The Morgan fingerprint density at radius 2 is 1.81 bits per heavy atom. The maximum Gasteiger partial charge on any atom is 0.456 e. The third-order valence-electron chi connectivity index (χ3n) is 5.04. The Balaban J connectivity index is 2.16. The number of carbonyl (C=O) groups is 2. The van der Waals surface area contributed by atoms with Gasteiger partial charge in [0.25, 0.3) is 5.91 Å². The molecule has 2 unspecified atom stereocenters. The topological polar surface area (TPSA) is 79.8 Å². The Morgan fingerprint density at radius 3 is 2.29 bits per heavy atom. The SMILES string of the molecule is CNC(=O)C(CC(C)(C)C)NC(=O)C1=CCC(C2CC2)C(OCC(F)(F)C(F)(F)F)=N1. The summed E-state index contributed by atoms with van der Waals surface area (Å²) >= 11 is 0. The van der Waals surface area contributed by atoms with Crippen LogP contribution < -0.4 is 10.6 Å². The van der Waals surface area contributed by atoms with Crippen molar-refractivity contribution in [3.8, 4) is 0 Å². The zero-order chi connectivity index (χ0) is 23.6. The second-order valence-corrected chi connectivity index (χ2v) is 9.11. The summed E-state index contributed by atoms with van der Waals surface area (Å²) in [6.45, 7) is 3.76. The summed E-state index contributed by atoms with van der Waals surface area (Å²) in [6, 6.07) is -0.867. The summed E-state index contributed by atoms with van der Waals surface area (Å²) in [7, 11) is 1.43. The number of carbonyl (C=O) groups excluding carboxylic acids is 2. The first-order valence-corrected chi connectivity index (χ1v) is 10.0. The molecule has 31 heavy (non-hydrogen) atoms. The van der Waals surface area contributed by atoms with E-state index in [-0.39, 0.29) is 29.3 Å². The number of likely N-dealkylation sites (N-methyl/N-ethyl adjacent to an activating group) is 1. The second-order valence-electron chi connectivity index (χ2n) is 9.11. The van der Waals surface area contributed by atoms with Crippen molar-refractivity contribution in [2.24, 2.45) is 22.2 Å². The summed E-state index contributed by atoms with van der Waals surface area (Å²) in [4.78, 5) is 28.8. The van der Waals surface area contributed by atoms with E-state index in [0.29, 0.717) is 6.42 Å². The van der Waals surface area contributed by atoms with Crippen molar-refractivity contribution in [3.63, 3.8) is 0 Å². The second kappa shape index (κ2) is 9.12. The molecule has 2 N–H and O–H groups in total. The molecule has 1 saturated carbocycles. The lowest BCUT2D eigenvalue weighted by molar-refractivity contribution is -0.291. The minimum atomic E-state index is -5.75. The highest BCUT2D eigenvalue weighted by atomic mass is 19.4. The van der Waals surface area contributed by atoms with Gasteiger partial charge in [-0.2, -0.15) is 22.0 Å². The van der Waals surface area contributed by atoms with Crippen molar-refractivity contribution in [3.05, 3.63) is 11.8 Å². The Kier molecular flexibility index (Phi) is 7.37. The van der Waals surface area contributed by atoms with E-state index in [1.807, 2.05) is 20.8 Å². The van der Waals surface area contributed by atoms with E-state index in [1.165, 1.54) is 13.1 Å². The van der Waals surface area contributed by atoms with Gasteiger partial charge in [-0.25, -0.2) is 4.99 Å². The molecular formula is C20H28F5N3O3. The molecule has 0 saturated heterocycles. The van der Waals surface area contributed by atoms with Gasteiger partial charge < -0.3 is 15.4 Å². The number of ether oxygens (including phenoxy) is 1. The highest BCUT2D eigenvalue weighted by molar-refractivity contribution is 5.99. The largest absolute Gasteiger partial charge is 0.474 e. The third-order valence-corrected chi connectivity index (χ3v) is 5.04. The van der Waals surface area contributed by atoms with Crippen LogP contribution in [0.4, 0.5) is 22.0 Å². The number of halogens is 5. The van der Waals surface area contributed by atoms with Crippen LogP contribution >= 0.6 is 0 Å².